The van der Waals surface area contributed by atoms with Gasteiger partial charge in [0, 0.05) is 4.91 Å². The molecule has 68 valence electrons. The van der Waals surface area contributed by atoms with Crippen LogP contribution in [0.1, 0.15) is 20.3 Å². The maximum Gasteiger partial charge on any atom is 0.0635 e. The van der Waals surface area contributed by atoms with Crippen LogP contribution in [0.15, 0.2) is 5.11 Å². The van der Waals surface area contributed by atoms with Gasteiger partial charge in [0.05, 0.1) is 19.3 Å². The fraction of sp³-hybridized carbons (Fsp3) is 1.00. The van der Waals surface area contributed by atoms with Gasteiger partial charge in [0.1, 0.15) is 0 Å². The van der Waals surface area contributed by atoms with E-state index in [-0.39, 0.29) is 6.10 Å². The highest BCUT2D eigenvalue weighted by molar-refractivity contribution is 4.77. The van der Waals surface area contributed by atoms with Gasteiger partial charge in [0.15, 0.2) is 0 Å². The van der Waals surface area contributed by atoms with Crippen molar-refractivity contribution in [3.8, 4) is 0 Å². The maximum atomic E-state index is 8.10. The molecule has 0 aliphatic carbocycles. The summed E-state index contributed by atoms with van der Waals surface area (Å²) in [7, 11) is 0. The Hall–Kier alpha value is -0.730. The van der Waals surface area contributed by atoms with Gasteiger partial charge in [-0.15, -0.1) is 0 Å². The summed E-state index contributed by atoms with van der Waals surface area (Å²) >= 11 is 0. The fourth-order valence-electron chi connectivity index (χ4n) is 1.45. The molecule has 0 saturated carbocycles. The van der Waals surface area contributed by atoms with Crippen LogP contribution in [-0.4, -0.2) is 19.3 Å². The third kappa shape index (κ3) is 2.40. The van der Waals surface area contributed by atoms with E-state index in [1.807, 2.05) is 0 Å². The molecule has 0 radical (unpaired) electrons. The summed E-state index contributed by atoms with van der Waals surface area (Å²) in [5, 5.41) is 3.50. The van der Waals surface area contributed by atoms with Gasteiger partial charge < -0.3 is 4.74 Å². The third-order valence-electron chi connectivity index (χ3n) is 2.40. The molecule has 0 aromatic heterocycles. The zero-order valence-electron chi connectivity index (χ0n) is 7.60. The molecule has 0 bridgehead atoms. The van der Waals surface area contributed by atoms with Crippen molar-refractivity contribution in [1.82, 2.24) is 0 Å². The van der Waals surface area contributed by atoms with Crippen molar-refractivity contribution in [2.75, 3.05) is 13.2 Å². The zero-order valence-corrected chi connectivity index (χ0v) is 7.60. The molecule has 0 unspecified atom stereocenters. The van der Waals surface area contributed by atoms with Crippen LogP contribution < -0.4 is 0 Å². The number of ether oxygens (including phenoxy) is 1. The van der Waals surface area contributed by atoms with Gasteiger partial charge in [-0.25, -0.2) is 0 Å². The van der Waals surface area contributed by atoms with Gasteiger partial charge in [-0.05, 0) is 23.8 Å². The molecule has 1 aliphatic heterocycles. The van der Waals surface area contributed by atoms with Gasteiger partial charge in [-0.3, -0.25) is 0 Å². The summed E-state index contributed by atoms with van der Waals surface area (Å²) in [6.45, 7) is 5.71. The summed E-state index contributed by atoms with van der Waals surface area (Å²) in [5.41, 5.74) is 8.10. The molecule has 0 N–H and O–H groups in total. The predicted molar refractivity (Wildman–Crippen MR) is 46.7 cm³/mol. The molecule has 1 heterocycles. The Morgan fingerprint density at radius 2 is 2.42 bits per heavy atom. The number of nitrogens with zero attached hydrogens (tertiary/aromatic N) is 3. The first-order valence-corrected chi connectivity index (χ1v) is 4.36. The van der Waals surface area contributed by atoms with Gasteiger partial charge in [0.25, 0.3) is 0 Å². The Labute approximate surface area is 72.5 Å². The van der Waals surface area contributed by atoms with E-state index in [0.29, 0.717) is 18.4 Å². The topological polar surface area (TPSA) is 58.0 Å². The molecular formula is C8H15N3O. The summed E-state index contributed by atoms with van der Waals surface area (Å²) < 4.78 is 5.46. The van der Waals surface area contributed by atoms with E-state index < -0.39 is 0 Å². The summed E-state index contributed by atoms with van der Waals surface area (Å²) in [4.78, 5) is 2.71. The Balaban J connectivity index is 2.30. The lowest BCUT2D eigenvalue weighted by molar-refractivity contribution is 0.109. The van der Waals surface area contributed by atoms with E-state index in [1.54, 1.807) is 0 Å². The fourth-order valence-corrected chi connectivity index (χ4v) is 1.45. The average molecular weight is 169 g/mol. The molecule has 1 rings (SSSR count). The molecular weight excluding hydrogens is 154 g/mol. The third-order valence-corrected chi connectivity index (χ3v) is 2.40. The standard InChI is InChI=1S/C8H15N3O/c1-6(2)7-3-8(12-5-7)4-10-11-9/h6-8H,3-5H2,1-2H3/t7-,8-/m1/s1. The minimum absolute atomic E-state index is 0.160. The molecule has 0 aromatic carbocycles. The highest BCUT2D eigenvalue weighted by Gasteiger charge is 2.26. The van der Waals surface area contributed by atoms with Crippen molar-refractivity contribution in [2.45, 2.75) is 26.4 Å². The summed E-state index contributed by atoms with van der Waals surface area (Å²) in [6.07, 6.45) is 1.20. The first kappa shape index (κ1) is 9.36. The average Bonchev–Trinajstić information content (AvgIpc) is 2.48. The monoisotopic (exact) mass is 169 g/mol. The number of hydrogen-bond acceptors (Lipinski definition) is 2. The Morgan fingerprint density at radius 1 is 1.67 bits per heavy atom. The van der Waals surface area contributed by atoms with E-state index in [1.165, 1.54) is 0 Å². The van der Waals surface area contributed by atoms with Crippen LogP contribution >= 0.6 is 0 Å². The minimum atomic E-state index is 0.160. The largest absolute Gasteiger partial charge is 0.378 e. The summed E-state index contributed by atoms with van der Waals surface area (Å²) in [6, 6.07) is 0. The quantitative estimate of drug-likeness (QED) is 0.363. The maximum absolute atomic E-state index is 8.10. The summed E-state index contributed by atoms with van der Waals surface area (Å²) in [5.74, 6) is 1.31. The molecule has 1 fully saturated rings. The first-order valence-electron chi connectivity index (χ1n) is 4.36. The Bertz CT molecular complexity index is 187. The SMILES string of the molecule is CC(C)[C@H]1CO[C@@H](CN=[N+]=[N-])C1. The Morgan fingerprint density at radius 3 is 2.92 bits per heavy atom. The van der Waals surface area contributed by atoms with Crippen LogP contribution in [0.4, 0.5) is 0 Å². The second-order valence-electron chi connectivity index (χ2n) is 3.61. The van der Waals surface area contributed by atoms with E-state index in [9.17, 15) is 0 Å². The van der Waals surface area contributed by atoms with E-state index in [2.05, 4.69) is 23.9 Å². The van der Waals surface area contributed by atoms with Crippen LogP contribution in [0, 0.1) is 11.8 Å². The van der Waals surface area contributed by atoms with Gasteiger partial charge in [-0.2, -0.15) is 0 Å². The molecule has 1 saturated heterocycles. The van der Waals surface area contributed by atoms with E-state index in [4.69, 9.17) is 10.3 Å². The first-order chi connectivity index (χ1) is 5.74. The number of hydrogen-bond donors (Lipinski definition) is 0. The Kier molecular flexibility index (Phi) is 3.38. The van der Waals surface area contributed by atoms with Crippen molar-refractivity contribution in [1.29, 1.82) is 0 Å². The predicted octanol–water partition coefficient (Wildman–Crippen LogP) is 2.36. The lowest BCUT2D eigenvalue weighted by atomic mass is 9.93. The van der Waals surface area contributed by atoms with Crippen molar-refractivity contribution in [2.24, 2.45) is 17.0 Å². The molecule has 1 aliphatic rings. The normalized spacial score (nSPS) is 28.9. The van der Waals surface area contributed by atoms with Gasteiger partial charge in [-0.1, -0.05) is 19.0 Å². The van der Waals surface area contributed by atoms with Crippen molar-refractivity contribution in [3.05, 3.63) is 10.4 Å². The highest BCUT2D eigenvalue weighted by Crippen LogP contribution is 2.26. The molecule has 2 atom stereocenters. The molecule has 0 spiro atoms. The van der Waals surface area contributed by atoms with E-state index in [0.717, 1.165) is 13.0 Å². The number of rotatable bonds is 3. The molecule has 0 amide bonds. The second-order valence-corrected chi connectivity index (χ2v) is 3.61. The van der Waals surface area contributed by atoms with Crippen LogP contribution in [0.25, 0.3) is 10.4 Å². The van der Waals surface area contributed by atoms with Crippen LogP contribution in [0.5, 0.6) is 0 Å². The highest BCUT2D eigenvalue weighted by atomic mass is 16.5. The minimum Gasteiger partial charge on any atom is -0.378 e. The van der Waals surface area contributed by atoms with Gasteiger partial charge >= 0.3 is 0 Å². The number of azide groups is 1. The van der Waals surface area contributed by atoms with Crippen LogP contribution in [-0.2, 0) is 4.74 Å². The van der Waals surface area contributed by atoms with Gasteiger partial charge in [0.2, 0.25) is 0 Å². The molecule has 4 nitrogen and oxygen atoms in total. The smallest absolute Gasteiger partial charge is 0.0635 e. The molecule has 12 heavy (non-hydrogen) atoms. The van der Waals surface area contributed by atoms with Crippen LogP contribution in [0.3, 0.4) is 0 Å². The van der Waals surface area contributed by atoms with Crippen LogP contribution in [0.2, 0.25) is 0 Å². The van der Waals surface area contributed by atoms with E-state index >= 15 is 0 Å². The molecule has 4 heteroatoms. The van der Waals surface area contributed by atoms with Crippen molar-refractivity contribution >= 4 is 0 Å². The van der Waals surface area contributed by atoms with Crippen molar-refractivity contribution < 1.29 is 4.74 Å². The molecule has 0 aromatic rings. The lowest BCUT2D eigenvalue weighted by Gasteiger charge is -2.10. The second kappa shape index (κ2) is 4.33. The zero-order chi connectivity index (χ0) is 8.97. The lowest BCUT2D eigenvalue weighted by Crippen LogP contribution is -2.10. The van der Waals surface area contributed by atoms with Crippen molar-refractivity contribution in [3.63, 3.8) is 0 Å².